The van der Waals surface area contributed by atoms with Crippen LogP contribution in [0.2, 0.25) is 0 Å². The zero-order valence-electron chi connectivity index (χ0n) is 11.5. The lowest BCUT2D eigenvalue weighted by Crippen LogP contribution is -2.43. The first-order valence-corrected chi connectivity index (χ1v) is 7.48. The summed E-state index contributed by atoms with van der Waals surface area (Å²) in [6.07, 6.45) is -2.92. The first kappa shape index (κ1) is 19.2. The van der Waals surface area contributed by atoms with Crippen molar-refractivity contribution >= 4 is 16.1 Å². The van der Waals surface area contributed by atoms with Gasteiger partial charge in [0.1, 0.15) is 5.60 Å². The van der Waals surface area contributed by atoms with Crippen LogP contribution in [-0.4, -0.2) is 36.0 Å². The minimum Gasteiger partial charge on any atom is -0.460 e. The molecule has 0 aromatic rings. The molecular weight excluding hydrogens is 301 g/mol. The smallest absolute Gasteiger partial charge is 0.400 e. The highest BCUT2D eigenvalue weighted by atomic mass is 32.2. The molecule has 1 unspecified atom stereocenters. The van der Waals surface area contributed by atoms with E-state index in [1.54, 1.807) is 0 Å². The molecule has 0 saturated carbocycles. The van der Waals surface area contributed by atoms with Gasteiger partial charge in [-0.15, -0.1) is 0 Å². The van der Waals surface area contributed by atoms with Gasteiger partial charge in [0.15, 0.2) is 6.17 Å². The summed E-state index contributed by atoms with van der Waals surface area (Å²) in [6.45, 7) is 4.20. The zero-order valence-corrected chi connectivity index (χ0v) is 12.3. The van der Waals surface area contributed by atoms with Crippen molar-refractivity contribution < 1.29 is 35.7 Å². The normalized spacial score (nSPS) is 14.9. The van der Waals surface area contributed by atoms with Crippen LogP contribution in [0.3, 0.4) is 0 Å². The average molecular weight is 320 g/mol. The van der Waals surface area contributed by atoms with E-state index in [1.165, 1.54) is 13.8 Å². The summed E-state index contributed by atoms with van der Waals surface area (Å²) >= 11 is 0. The Morgan fingerprint density at radius 3 is 2.25 bits per heavy atom. The summed E-state index contributed by atoms with van der Waals surface area (Å²) in [5.41, 5.74) is -1.61. The van der Waals surface area contributed by atoms with E-state index in [0.717, 1.165) is 6.42 Å². The first-order chi connectivity index (χ1) is 8.83. The fourth-order valence-electron chi connectivity index (χ4n) is 1.43. The van der Waals surface area contributed by atoms with Crippen molar-refractivity contribution in [2.24, 2.45) is 0 Å². The highest BCUT2D eigenvalue weighted by Gasteiger charge is 2.54. The van der Waals surface area contributed by atoms with Gasteiger partial charge < -0.3 is 4.74 Å². The molecule has 20 heavy (non-hydrogen) atoms. The molecule has 0 saturated heterocycles. The van der Waals surface area contributed by atoms with Crippen molar-refractivity contribution in [3.05, 3.63) is 0 Å². The SMILES string of the molecule is CCCCC(=O)OC(C)(C)CC(F)C(F)(F)S(=O)(=O)O. The summed E-state index contributed by atoms with van der Waals surface area (Å²) in [5.74, 6) is -0.681. The van der Waals surface area contributed by atoms with Crippen molar-refractivity contribution in [2.45, 2.75) is 63.5 Å². The van der Waals surface area contributed by atoms with Gasteiger partial charge in [-0.2, -0.15) is 17.2 Å². The minimum absolute atomic E-state index is 0.0611. The molecule has 1 N–H and O–H groups in total. The van der Waals surface area contributed by atoms with Crippen LogP contribution in [0.15, 0.2) is 0 Å². The number of rotatable bonds is 8. The van der Waals surface area contributed by atoms with E-state index in [0.29, 0.717) is 6.42 Å². The lowest BCUT2D eigenvalue weighted by molar-refractivity contribution is -0.160. The van der Waals surface area contributed by atoms with Crippen molar-refractivity contribution in [1.29, 1.82) is 0 Å². The van der Waals surface area contributed by atoms with Crippen LogP contribution in [0.5, 0.6) is 0 Å². The third-order valence-corrected chi connectivity index (χ3v) is 3.45. The molecule has 120 valence electrons. The van der Waals surface area contributed by atoms with Crippen LogP contribution < -0.4 is 0 Å². The molecule has 0 radical (unpaired) electrons. The summed E-state index contributed by atoms with van der Waals surface area (Å²) in [6, 6.07) is 0. The van der Waals surface area contributed by atoms with E-state index in [9.17, 15) is 26.4 Å². The molecule has 0 aliphatic heterocycles. The number of hydrogen-bond donors (Lipinski definition) is 1. The molecule has 5 nitrogen and oxygen atoms in total. The van der Waals surface area contributed by atoms with Crippen molar-refractivity contribution in [2.75, 3.05) is 0 Å². The summed E-state index contributed by atoms with van der Waals surface area (Å²) in [7, 11) is -5.87. The van der Waals surface area contributed by atoms with Crippen LogP contribution in [0, 0.1) is 0 Å². The maximum atomic E-state index is 13.4. The Kier molecular flexibility index (Phi) is 6.47. The van der Waals surface area contributed by atoms with E-state index in [1.807, 2.05) is 6.92 Å². The largest absolute Gasteiger partial charge is 0.460 e. The van der Waals surface area contributed by atoms with E-state index in [4.69, 9.17) is 9.29 Å². The molecule has 0 aromatic carbocycles. The zero-order chi connectivity index (χ0) is 16.2. The predicted molar refractivity (Wildman–Crippen MR) is 65.7 cm³/mol. The van der Waals surface area contributed by atoms with E-state index >= 15 is 0 Å². The Morgan fingerprint density at radius 2 is 1.85 bits per heavy atom. The van der Waals surface area contributed by atoms with Gasteiger partial charge in [-0.25, -0.2) is 4.39 Å². The van der Waals surface area contributed by atoms with E-state index < -0.39 is 39.5 Å². The molecule has 0 rings (SSSR count). The number of alkyl halides is 3. The molecule has 9 heteroatoms. The van der Waals surface area contributed by atoms with Gasteiger partial charge in [0.05, 0.1) is 0 Å². The van der Waals surface area contributed by atoms with Crippen molar-refractivity contribution in [3.63, 3.8) is 0 Å². The van der Waals surface area contributed by atoms with Crippen molar-refractivity contribution in [3.8, 4) is 0 Å². The topological polar surface area (TPSA) is 80.7 Å². The molecule has 0 aliphatic carbocycles. The number of carbonyl (C=O) groups is 1. The molecule has 0 amide bonds. The second kappa shape index (κ2) is 6.75. The summed E-state index contributed by atoms with van der Waals surface area (Å²) < 4.78 is 73.4. The fraction of sp³-hybridized carbons (Fsp3) is 0.909. The lowest BCUT2D eigenvalue weighted by Gasteiger charge is -2.28. The monoisotopic (exact) mass is 320 g/mol. The highest BCUT2D eigenvalue weighted by Crippen LogP contribution is 2.33. The fourth-order valence-corrected chi connectivity index (χ4v) is 1.84. The Bertz CT molecular complexity index is 433. The number of hydrogen-bond acceptors (Lipinski definition) is 4. The van der Waals surface area contributed by atoms with Gasteiger partial charge in [-0.05, 0) is 20.3 Å². The van der Waals surface area contributed by atoms with Crippen LogP contribution in [0.25, 0.3) is 0 Å². The van der Waals surface area contributed by atoms with Gasteiger partial charge in [0, 0.05) is 12.8 Å². The molecular formula is C11H19F3O5S. The lowest BCUT2D eigenvalue weighted by atomic mass is 10.0. The van der Waals surface area contributed by atoms with E-state index in [-0.39, 0.29) is 6.42 Å². The third kappa shape index (κ3) is 5.66. The molecule has 0 spiro atoms. The Balaban J connectivity index is 4.72. The quantitative estimate of drug-likeness (QED) is 0.549. The van der Waals surface area contributed by atoms with Crippen molar-refractivity contribution in [1.82, 2.24) is 0 Å². The van der Waals surface area contributed by atoms with E-state index in [2.05, 4.69) is 0 Å². The maximum absolute atomic E-state index is 13.4. The standard InChI is InChI=1S/C11H19F3O5S/c1-4-5-6-9(15)19-10(2,3)7-8(12)11(13,14)20(16,17)18/h8H,4-7H2,1-3H3,(H,16,17,18). The third-order valence-electron chi connectivity index (χ3n) is 2.50. The van der Waals surface area contributed by atoms with Gasteiger partial charge in [0.2, 0.25) is 0 Å². The molecule has 0 heterocycles. The minimum atomic E-state index is -5.87. The summed E-state index contributed by atoms with van der Waals surface area (Å²) in [4.78, 5) is 11.3. The number of ether oxygens (including phenoxy) is 1. The average Bonchev–Trinajstić information content (AvgIpc) is 2.23. The number of carbonyl (C=O) groups excluding carboxylic acids is 1. The highest BCUT2D eigenvalue weighted by molar-refractivity contribution is 7.86. The van der Waals surface area contributed by atoms with Gasteiger partial charge in [-0.3, -0.25) is 9.35 Å². The Labute approximate surface area is 116 Å². The van der Waals surface area contributed by atoms with Gasteiger partial charge in [-0.1, -0.05) is 13.3 Å². The van der Waals surface area contributed by atoms with Gasteiger partial charge >= 0.3 is 21.3 Å². The molecule has 1 atom stereocenters. The molecule has 0 aromatic heterocycles. The second-order valence-corrected chi connectivity index (χ2v) is 6.54. The Morgan fingerprint density at radius 1 is 1.35 bits per heavy atom. The number of esters is 1. The van der Waals surface area contributed by atoms with Crippen LogP contribution in [0.4, 0.5) is 13.2 Å². The summed E-state index contributed by atoms with van der Waals surface area (Å²) in [5, 5.41) is -4.94. The molecule has 0 bridgehead atoms. The van der Waals surface area contributed by atoms with Gasteiger partial charge in [0.25, 0.3) is 0 Å². The number of unbranched alkanes of at least 4 members (excludes halogenated alkanes) is 1. The predicted octanol–water partition coefficient (Wildman–Crippen LogP) is 2.71. The first-order valence-electron chi connectivity index (χ1n) is 6.04. The molecule has 0 aliphatic rings. The molecule has 0 fully saturated rings. The number of halogens is 3. The van der Waals surface area contributed by atoms with Crippen LogP contribution in [0.1, 0.15) is 46.5 Å². The van der Waals surface area contributed by atoms with Crippen LogP contribution in [-0.2, 0) is 19.6 Å². The Hall–Kier alpha value is -0.830. The van der Waals surface area contributed by atoms with Crippen LogP contribution >= 0.6 is 0 Å². The maximum Gasteiger partial charge on any atom is 0.400 e. The second-order valence-electron chi connectivity index (χ2n) is 5.05.